The van der Waals surface area contributed by atoms with E-state index in [2.05, 4.69) is 121 Å². The van der Waals surface area contributed by atoms with E-state index < -0.39 is 66.2 Å². The van der Waals surface area contributed by atoms with E-state index in [1.165, 1.54) is 14.3 Å². The molecule has 0 aliphatic heterocycles. The third-order valence-electron chi connectivity index (χ3n) is 3.67. The Balaban J connectivity index is -0.000000496. The third-order valence-corrected chi connectivity index (χ3v) is 10.8. The summed E-state index contributed by atoms with van der Waals surface area (Å²) in [4.78, 5) is 36.0. The van der Waals surface area contributed by atoms with Crippen LogP contribution in [0.3, 0.4) is 0 Å². The van der Waals surface area contributed by atoms with Crippen molar-refractivity contribution < 1.29 is 45.1 Å². The van der Waals surface area contributed by atoms with Crippen molar-refractivity contribution in [1.82, 2.24) is 0 Å². The van der Waals surface area contributed by atoms with Gasteiger partial charge in [-0.25, -0.2) is 0 Å². The van der Waals surface area contributed by atoms with Crippen LogP contribution < -0.4 is 14.3 Å². The van der Waals surface area contributed by atoms with E-state index in [0.29, 0.717) is 0 Å². The Hall–Kier alpha value is -3.68. The number of hydrogen-bond acceptors (Lipinski definition) is 4. The van der Waals surface area contributed by atoms with Gasteiger partial charge in [-0.1, -0.05) is 0 Å². The fourth-order valence-corrected chi connectivity index (χ4v) is 8.42. The van der Waals surface area contributed by atoms with Crippen LogP contribution in [0.15, 0.2) is 121 Å². The molecule has 0 aliphatic carbocycles. The summed E-state index contributed by atoms with van der Waals surface area (Å²) in [5.41, 5.74) is 0. The van der Waals surface area contributed by atoms with E-state index in [-0.39, 0.29) is 5.48 Å². The molecule has 0 heterocycles. The van der Waals surface area contributed by atoms with Crippen LogP contribution in [-0.2, 0) is 19.2 Å². The predicted octanol–water partition coefficient (Wildman–Crippen LogP) is 2.22. The summed E-state index contributed by atoms with van der Waals surface area (Å²) in [6.45, 7) is 4.33. The molecule has 43 heavy (non-hydrogen) atoms. The normalized spacial score (nSPS) is 8.28. The van der Waals surface area contributed by atoms with Gasteiger partial charge in [-0.3, -0.25) is 19.2 Å². The van der Waals surface area contributed by atoms with Crippen molar-refractivity contribution in [3.05, 3.63) is 121 Å². The maximum absolute atomic E-state index is 9.00. The molecule has 4 aromatic rings. The molecular weight excluding hydrogens is 766 g/mol. The summed E-state index contributed by atoms with van der Waals surface area (Å²) >= 11 is -1.03. The summed E-state index contributed by atoms with van der Waals surface area (Å²) in [6, 6.07) is 43.2. The van der Waals surface area contributed by atoms with E-state index >= 15 is 0 Å². The quantitative estimate of drug-likeness (QED) is 0.227. The first kappa shape index (κ1) is 43.8. The summed E-state index contributed by atoms with van der Waals surface area (Å²) in [6.07, 6.45) is 0. The molecule has 0 aliphatic rings. The average molecular weight is 804 g/mol. The number of carboxylic acid groups (broad SMARTS) is 4. The SMILES string of the molecule is CC(=O)O.CC(=O)O.CC(=O)O.CC(=O)O.O.c1cc[c]([Sn][c]2ccccc2)cc1.c1cc[c]([Sn][c]2ccccc2)cc1. The maximum atomic E-state index is 9.00. The van der Waals surface area contributed by atoms with Crippen LogP contribution in [0.25, 0.3) is 0 Å². The van der Waals surface area contributed by atoms with Gasteiger partial charge in [0, 0.05) is 27.7 Å². The molecule has 0 aromatic heterocycles. The van der Waals surface area contributed by atoms with Crippen molar-refractivity contribution in [3.63, 3.8) is 0 Å². The number of rotatable bonds is 4. The van der Waals surface area contributed by atoms with Crippen LogP contribution in [0.5, 0.6) is 0 Å². The molecule has 228 valence electrons. The summed E-state index contributed by atoms with van der Waals surface area (Å²) < 4.78 is 6.16. The Morgan fingerprint density at radius 3 is 0.605 bits per heavy atom. The van der Waals surface area contributed by atoms with Crippen LogP contribution in [0.4, 0.5) is 0 Å². The fraction of sp³-hybridized carbons (Fsp3) is 0.125. The summed E-state index contributed by atoms with van der Waals surface area (Å²) in [7, 11) is 0. The molecule has 0 atom stereocenters. The standard InChI is InChI=1S/4C6H5.4C2H4O2.H2O.2Sn/c4*1-2-4-6-5-3-1;4*1-2(3)4;;;/h4*1-5H;4*1H3,(H,3,4);1H2;;. The van der Waals surface area contributed by atoms with E-state index in [0.717, 1.165) is 27.7 Å². The molecule has 6 N–H and O–H groups in total. The fourth-order valence-electron chi connectivity index (χ4n) is 2.42. The number of hydrogen-bond donors (Lipinski definition) is 4. The van der Waals surface area contributed by atoms with Gasteiger partial charge in [0.15, 0.2) is 0 Å². The predicted molar refractivity (Wildman–Crippen MR) is 173 cm³/mol. The first-order valence-electron chi connectivity index (χ1n) is 12.4. The Morgan fingerprint density at radius 2 is 0.488 bits per heavy atom. The Bertz CT molecular complexity index is 1040. The molecule has 4 rings (SSSR count). The molecule has 11 heteroatoms. The number of aliphatic carboxylic acids is 4. The Labute approximate surface area is 273 Å². The van der Waals surface area contributed by atoms with Crippen molar-refractivity contribution in [2.45, 2.75) is 27.7 Å². The van der Waals surface area contributed by atoms with Gasteiger partial charge in [0.1, 0.15) is 0 Å². The second-order valence-corrected chi connectivity index (χ2v) is 15.8. The van der Waals surface area contributed by atoms with Crippen molar-refractivity contribution >= 4 is 80.5 Å². The number of carbonyl (C=O) groups is 4. The van der Waals surface area contributed by atoms with Crippen LogP contribution in [0.1, 0.15) is 27.7 Å². The zero-order valence-electron chi connectivity index (χ0n) is 24.5. The first-order chi connectivity index (χ1) is 19.8. The second-order valence-electron chi connectivity index (χ2n) is 7.79. The molecule has 0 fully saturated rings. The van der Waals surface area contributed by atoms with Gasteiger partial charge in [-0.15, -0.1) is 0 Å². The molecule has 0 spiro atoms. The van der Waals surface area contributed by atoms with Crippen LogP contribution in [0, 0.1) is 0 Å². The second kappa shape index (κ2) is 29.8. The average Bonchev–Trinajstić information content (AvgIpc) is 2.90. The van der Waals surface area contributed by atoms with E-state index in [1.807, 2.05) is 0 Å². The van der Waals surface area contributed by atoms with Crippen molar-refractivity contribution in [1.29, 1.82) is 0 Å². The van der Waals surface area contributed by atoms with Crippen LogP contribution in [-0.4, -0.2) is 92.1 Å². The van der Waals surface area contributed by atoms with Crippen LogP contribution >= 0.6 is 0 Å². The summed E-state index contributed by atoms with van der Waals surface area (Å²) in [5, 5.41) is 29.7. The van der Waals surface area contributed by atoms with E-state index in [1.54, 1.807) is 0 Å². The minimum absolute atomic E-state index is 0. The van der Waals surface area contributed by atoms with Gasteiger partial charge in [0.2, 0.25) is 0 Å². The van der Waals surface area contributed by atoms with Crippen LogP contribution in [0.2, 0.25) is 0 Å². The molecule has 0 saturated carbocycles. The topological polar surface area (TPSA) is 181 Å². The zero-order chi connectivity index (χ0) is 32.2. The molecule has 4 radical (unpaired) electrons. The Kier molecular flexibility index (Phi) is 30.3. The third kappa shape index (κ3) is 38.3. The summed E-state index contributed by atoms with van der Waals surface area (Å²) in [5.74, 6) is -3.33. The van der Waals surface area contributed by atoms with Crippen molar-refractivity contribution in [2.75, 3.05) is 0 Å². The molecule has 0 amide bonds. The molecule has 4 aromatic carbocycles. The molecular formula is C32H38O9Sn2. The number of carboxylic acids is 4. The van der Waals surface area contributed by atoms with Gasteiger partial charge in [-0.05, 0) is 0 Å². The molecule has 9 nitrogen and oxygen atoms in total. The van der Waals surface area contributed by atoms with Gasteiger partial charge in [0.25, 0.3) is 23.9 Å². The number of benzene rings is 4. The zero-order valence-corrected chi connectivity index (χ0v) is 30.2. The van der Waals surface area contributed by atoms with E-state index in [4.69, 9.17) is 39.6 Å². The molecule has 0 unspecified atom stereocenters. The van der Waals surface area contributed by atoms with Gasteiger partial charge >= 0.3 is 178 Å². The molecule has 0 bridgehead atoms. The van der Waals surface area contributed by atoms with Crippen molar-refractivity contribution in [2.24, 2.45) is 0 Å². The van der Waals surface area contributed by atoms with Gasteiger partial charge in [-0.2, -0.15) is 0 Å². The minimum atomic E-state index is -0.833. The Morgan fingerprint density at radius 1 is 0.372 bits per heavy atom. The van der Waals surface area contributed by atoms with Crippen molar-refractivity contribution in [3.8, 4) is 0 Å². The monoisotopic (exact) mass is 806 g/mol. The van der Waals surface area contributed by atoms with E-state index in [9.17, 15) is 0 Å². The van der Waals surface area contributed by atoms with Gasteiger partial charge < -0.3 is 25.9 Å². The van der Waals surface area contributed by atoms with Gasteiger partial charge in [0.05, 0.1) is 0 Å². The first-order valence-corrected chi connectivity index (χ1v) is 18.1. The molecule has 0 saturated heterocycles.